The highest BCUT2D eigenvalue weighted by atomic mass is 15.3. The van der Waals surface area contributed by atoms with Crippen LogP contribution in [-0.2, 0) is 0 Å². The smallest absolute Gasteiger partial charge is 0.225 e. The second kappa shape index (κ2) is 5.40. The summed E-state index contributed by atoms with van der Waals surface area (Å²) in [6.45, 7) is 2.88. The highest BCUT2D eigenvalue weighted by molar-refractivity contribution is 5.41. The number of aryl methyl sites for hydroxylation is 1. The first-order valence-electron chi connectivity index (χ1n) is 6.85. The molecule has 1 fully saturated rings. The molecule has 0 aromatic carbocycles. The van der Waals surface area contributed by atoms with Crippen LogP contribution in [-0.4, -0.2) is 33.5 Å². The third kappa shape index (κ3) is 2.41. The van der Waals surface area contributed by atoms with Gasteiger partial charge in [-0.25, -0.2) is 19.9 Å². The maximum absolute atomic E-state index is 4.59. The Morgan fingerprint density at radius 3 is 2.80 bits per heavy atom. The first-order valence-corrected chi connectivity index (χ1v) is 6.85. The lowest BCUT2D eigenvalue weighted by Gasteiger charge is -2.24. The fourth-order valence-electron chi connectivity index (χ4n) is 2.64. The van der Waals surface area contributed by atoms with E-state index in [1.807, 2.05) is 26.1 Å². The van der Waals surface area contributed by atoms with Crippen molar-refractivity contribution in [3.8, 4) is 0 Å². The van der Waals surface area contributed by atoms with Crippen LogP contribution in [0.1, 0.15) is 30.4 Å². The van der Waals surface area contributed by atoms with Gasteiger partial charge in [0.2, 0.25) is 5.95 Å². The predicted octanol–water partition coefficient (Wildman–Crippen LogP) is 1.96. The molecule has 6 heteroatoms. The SMILES string of the molecule is CNc1cc([C@@H]2CCCN2c2ncccn2)nc(C)n1. The summed E-state index contributed by atoms with van der Waals surface area (Å²) in [4.78, 5) is 19.9. The number of aromatic nitrogens is 4. The van der Waals surface area contributed by atoms with Gasteiger partial charge in [0.1, 0.15) is 11.6 Å². The van der Waals surface area contributed by atoms with Crippen LogP contribution < -0.4 is 10.2 Å². The molecule has 0 saturated carbocycles. The summed E-state index contributed by atoms with van der Waals surface area (Å²) in [6, 6.07) is 4.08. The summed E-state index contributed by atoms with van der Waals surface area (Å²) in [5, 5.41) is 3.09. The highest BCUT2D eigenvalue weighted by Gasteiger charge is 2.29. The normalized spacial score (nSPS) is 18.3. The van der Waals surface area contributed by atoms with E-state index in [1.54, 1.807) is 12.4 Å². The van der Waals surface area contributed by atoms with Crippen molar-refractivity contribution >= 4 is 11.8 Å². The molecule has 1 aliphatic rings. The lowest BCUT2D eigenvalue weighted by Crippen LogP contribution is -2.25. The van der Waals surface area contributed by atoms with Gasteiger partial charge in [-0.1, -0.05) is 0 Å². The Bertz CT molecular complexity index is 585. The first-order chi connectivity index (χ1) is 9.78. The van der Waals surface area contributed by atoms with Crippen molar-refractivity contribution < 1.29 is 0 Å². The molecule has 104 valence electrons. The van der Waals surface area contributed by atoms with Crippen LogP contribution in [0.5, 0.6) is 0 Å². The van der Waals surface area contributed by atoms with Crippen molar-refractivity contribution in [2.45, 2.75) is 25.8 Å². The van der Waals surface area contributed by atoms with Gasteiger partial charge in [0, 0.05) is 32.1 Å². The monoisotopic (exact) mass is 270 g/mol. The quantitative estimate of drug-likeness (QED) is 0.919. The van der Waals surface area contributed by atoms with E-state index in [1.165, 1.54) is 0 Å². The van der Waals surface area contributed by atoms with Gasteiger partial charge in [-0.05, 0) is 25.8 Å². The van der Waals surface area contributed by atoms with E-state index >= 15 is 0 Å². The average molecular weight is 270 g/mol. The Kier molecular flexibility index (Phi) is 3.45. The largest absolute Gasteiger partial charge is 0.373 e. The predicted molar refractivity (Wildman–Crippen MR) is 77.7 cm³/mol. The van der Waals surface area contributed by atoms with Gasteiger partial charge in [0.05, 0.1) is 11.7 Å². The zero-order chi connectivity index (χ0) is 13.9. The molecule has 20 heavy (non-hydrogen) atoms. The summed E-state index contributed by atoms with van der Waals surface area (Å²) < 4.78 is 0. The third-order valence-corrected chi connectivity index (χ3v) is 3.52. The fourth-order valence-corrected chi connectivity index (χ4v) is 2.64. The summed E-state index contributed by atoms with van der Waals surface area (Å²) in [7, 11) is 1.87. The minimum Gasteiger partial charge on any atom is -0.373 e. The lowest BCUT2D eigenvalue weighted by atomic mass is 10.1. The second-order valence-corrected chi connectivity index (χ2v) is 4.88. The van der Waals surface area contributed by atoms with Crippen LogP contribution in [0.15, 0.2) is 24.5 Å². The number of hydrogen-bond donors (Lipinski definition) is 1. The molecule has 2 aromatic rings. The third-order valence-electron chi connectivity index (χ3n) is 3.52. The van der Waals surface area contributed by atoms with Crippen molar-refractivity contribution in [1.82, 2.24) is 19.9 Å². The maximum Gasteiger partial charge on any atom is 0.225 e. The Morgan fingerprint density at radius 1 is 1.25 bits per heavy atom. The molecule has 1 atom stereocenters. The van der Waals surface area contributed by atoms with Gasteiger partial charge in [0.15, 0.2) is 0 Å². The molecule has 1 saturated heterocycles. The average Bonchev–Trinajstić information content (AvgIpc) is 2.97. The molecular weight excluding hydrogens is 252 g/mol. The first kappa shape index (κ1) is 12.8. The molecule has 3 heterocycles. The number of anilines is 2. The molecule has 6 nitrogen and oxygen atoms in total. The van der Waals surface area contributed by atoms with Crippen molar-refractivity contribution in [2.75, 3.05) is 23.8 Å². The molecule has 0 aliphatic carbocycles. The summed E-state index contributed by atoms with van der Waals surface area (Å²) in [5.41, 5.74) is 1.03. The van der Waals surface area contributed by atoms with Gasteiger partial charge < -0.3 is 10.2 Å². The van der Waals surface area contributed by atoms with Crippen LogP contribution in [0.25, 0.3) is 0 Å². The van der Waals surface area contributed by atoms with E-state index in [9.17, 15) is 0 Å². The molecule has 3 rings (SSSR count). The lowest BCUT2D eigenvalue weighted by molar-refractivity contribution is 0.673. The van der Waals surface area contributed by atoms with E-state index < -0.39 is 0 Å². The van der Waals surface area contributed by atoms with E-state index in [2.05, 4.69) is 30.2 Å². The molecule has 0 radical (unpaired) electrons. The minimum absolute atomic E-state index is 0.228. The van der Waals surface area contributed by atoms with Crippen molar-refractivity contribution in [3.05, 3.63) is 36.0 Å². The van der Waals surface area contributed by atoms with Crippen molar-refractivity contribution in [1.29, 1.82) is 0 Å². The van der Waals surface area contributed by atoms with Gasteiger partial charge >= 0.3 is 0 Å². The summed E-state index contributed by atoms with van der Waals surface area (Å²) in [6.07, 6.45) is 5.75. The molecule has 0 spiro atoms. The van der Waals surface area contributed by atoms with E-state index in [4.69, 9.17) is 0 Å². The standard InChI is InChI=1S/C14H18N6/c1-10-18-11(9-13(15-2)19-10)12-5-3-8-20(12)14-16-6-4-7-17-14/h4,6-7,9,12H,3,5,8H2,1-2H3,(H,15,18,19)/t12-/m0/s1. The second-order valence-electron chi connectivity index (χ2n) is 4.88. The van der Waals surface area contributed by atoms with E-state index in [-0.39, 0.29) is 6.04 Å². The molecule has 2 aromatic heterocycles. The number of nitrogens with zero attached hydrogens (tertiary/aromatic N) is 5. The van der Waals surface area contributed by atoms with Crippen LogP contribution in [0.2, 0.25) is 0 Å². The van der Waals surface area contributed by atoms with Gasteiger partial charge in [-0.3, -0.25) is 0 Å². The van der Waals surface area contributed by atoms with Crippen LogP contribution >= 0.6 is 0 Å². The van der Waals surface area contributed by atoms with Crippen molar-refractivity contribution in [3.63, 3.8) is 0 Å². The zero-order valence-corrected chi connectivity index (χ0v) is 11.7. The van der Waals surface area contributed by atoms with Crippen LogP contribution in [0.3, 0.4) is 0 Å². The topological polar surface area (TPSA) is 66.8 Å². The van der Waals surface area contributed by atoms with E-state index in [0.717, 1.165) is 42.7 Å². The molecule has 0 bridgehead atoms. The Morgan fingerprint density at radius 2 is 2.05 bits per heavy atom. The van der Waals surface area contributed by atoms with Gasteiger partial charge in [0.25, 0.3) is 0 Å². The molecular formula is C14H18N6. The molecule has 0 amide bonds. The van der Waals surface area contributed by atoms with Crippen molar-refractivity contribution in [2.24, 2.45) is 0 Å². The maximum atomic E-state index is 4.59. The van der Waals surface area contributed by atoms with Gasteiger partial charge in [-0.15, -0.1) is 0 Å². The summed E-state index contributed by atoms with van der Waals surface area (Å²) in [5.74, 6) is 2.42. The van der Waals surface area contributed by atoms with E-state index in [0.29, 0.717) is 0 Å². The number of hydrogen-bond acceptors (Lipinski definition) is 6. The molecule has 1 aliphatic heterocycles. The summed E-state index contributed by atoms with van der Waals surface area (Å²) >= 11 is 0. The Labute approximate surface area is 118 Å². The highest BCUT2D eigenvalue weighted by Crippen LogP contribution is 2.33. The Hall–Kier alpha value is -2.24. The van der Waals surface area contributed by atoms with Gasteiger partial charge in [-0.2, -0.15) is 0 Å². The van der Waals surface area contributed by atoms with Crippen LogP contribution in [0.4, 0.5) is 11.8 Å². The number of nitrogens with one attached hydrogen (secondary N) is 1. The fraction of sp³-hybridized carbons (Fsp3) is 0.429. The Balaban J connectivity index is 1.94. The zero-order valence-electron chi connectivity index (χ0n) is 11.7. The number of rotatable bonds is 3. The minimum atomic E-state index is 0.228. The molecule has 0 unspecified atom stereocenters. The molecule has 1 N–H and O–H groups in total. The van der Waals surface area contributed by atoms with Crippen LogP contribution in [0, 0.1) is 6.92 Å².